The fourth-order valence-corrected chi connectivity index (χ4v) is 4.64. The van der Waals surface area contributed by atoms with E-state index in [9.17, 15) is 18.5 Å². The van der Waals surface area contributed by atoms with Crippen LogP contribution in [0.4, 0.5) is 11.4 Å². The number of nitro benzene ring substituents is 1. The molecule has 0 atom stereocenters. The smallest absolute Gasteiger partial charge is 0.289 e. The molecule has 0 aliphatic carbocycles. The minimum absolute atomic E-state index is 0.302. The molecule has 1 fully saturated rings. The molecule has 8 nitrogen and oxygen atoms in total. The minimum atomic E-state index is -3.96. The van der Waals surface area contributed by atoms with E-state index in [1.165, 1.54) is 16.4 Å². The second-order valence-electron chi connectivity index (χ2n) is 5.58. The van der Waals surface area contributed by atoms with Crippen LogP contribution in [0.15, 0.2) is 23.1 Å². The van der Waals surface area contributed by atoms with Gasteiger partial charge in [-0.1, -0.05) is 0 Å². The fourth-order valence-electron chi connectivity index (χ4n) is 2.61. The zero-order valence-electron chi connectivity index (χ0n) is 11.9. The van der Waals surface area contributed by atoms with Crippen LogP contribution < -0.4 is 11.3 Å². The van der Waals surface area contributed by atoms with Crippen LogP contribution in [-0.4, -0.2) is 29.7 Å². The van der Waals surface area contributed by atoms with Crippen molar-refractivity contribution in [2.45, 2.75) is 37.1 Å². The van der Waals surface area contributed by atoms with Gasteiger partial charge in [-0.05, 0) is 38.8 Å². The predicted molar refractivity (Wildman–Crippen MR) is 78.1 cm³/mol. The third kappa shape index (κ3) is 2.71. The number of nitrogen functional groups attached to an aromatic ring is 1. The number of nitrogens with one attached hydrogen (secondary N) is 1. The largest absolute Gasteiger partial charge is 0.324 e. The monoisotopic (exact) mass is 314 g/mol. The average molecular weight is 314 g/mol. The van der Waals surface area contributed by atoms with Crippen molar-refractivity contribution in [1.82, 2.24) is 4.31 Å². The maximum atomic E-state index is 12.8. The maximum absolute atomic E-state index is 12.8. The predicted octanol–water partition coefficient (Wildman–Crippen LogP) is 1.44. The highest BCUT2D eigenvalue weighted by molar-refractivity contribution is 7.89. The summed E-state index contributed by atoms with van der Waals surface area (Å²) in [5.41, 5.74) is 1.61. The summed E-state index contributed by atoms with van der Waals surface area (Å²) in [5.74, 6) is 5.27. The first kappa shape index (κ1) is 15.7. The first-order valence-corrected chi connectivity index (χ1v) is 7.92. The first-order chi connectivity index (χ1) is 9.70. The standard InChI is InChI=1S/C12H18N4O4S/c1-12(2)6-3-7-15(12)21(19,20)11-8-9(14-13)4-5-10(11)16(17)18/h4-5,8,14H,3,6-7,13H2,1-2H3. The molecule has 1 aliphatic heterocycles. The summed E-state index contributed by atoms with van der Waals surface area (Å²) < 4.78 is 26.9. The molecule has 0 spiro atoms. The summed E-state index contributed by atoms with van der Waals surface area (Å²) in [4.78, 5) is 10.1. The van der Waals surface area contributed by atoms with E-state index < -0.39 is 26.2 Å². The normalized spacial score (nSPS) is 18.6. The molecule has 9 heteroatoms. The maximum Gasteiger partial charge on any atom is 0.289 e. The van der Waals surface area contributed by atoms with Gasteiger partial charge in [0.1, 0.15) is 0 Å². The van der Waals surface area contributed by atoms with E-state index >= 15 is 0 Å². The van der Waals surface area contributed by atoms with Gasteiger partial charge in [-0.15, -0.1) is 0 Å². The number of rotatable bonds is 4. The summed E-state index contributed by atoms with van der Waals surface area (Å²) in [6.45, 7) is 3.98. The van der Waals surface area contributed by atoms with Crippen molar-refractivity contribution in [2.24, 2.45) is 5.84 Å². The van der Waals surface area contributed by atoms with Crippen LogP contribution >= 0.6 is 0 Å². The summed E-state index contributed by atoms with van der Waals surface area (Å²) in [7, 11) is -3.96. The molecule has 1 aromatic carbocycles. The molecular formula is C12H18N4O4S. The van der Waals surface area contributed by atoms with Crippen LogP contribution in [0.25, 0.3) is 0 Å². The summed E-state index contributed by atoms with van der Waals surface area (Å²) in [6, 6.07) is 3.71. The lowest BCUT2D eigenvalue weighted by Gasteiger charge is -2.30. The van der Waals surface area contributed by atoms with E-state index in [4.69, 9.17) is 5.84 Å². The highest BCUT2D eigenvalue weighted by atomic mass is 32.2. The van der Waals surface area contributed by atoms with Gasteiger partial charge in [-0.3, -0.25) is 16.0 Å². The molecular weight excluding hydrogens is 296 g/mol. The molecule has 0 amide bonds. The molecule has 2 rings (SSSR count). The van der Waals surface area contributed by atoms with Crippen molar-refractivity contribution in [2.75, 3.05) is 12.0 Å². The molecule has 116 valence electrons. The molecule has 0 unspecified atom stereocenters. The van der Waals surface area contributed by atoms with Crippen molar-refractivity contribution < 1.29 is 13.3 Å². The van der Waals surface area contributed by atoms with Crippen LogP contribution in [0.2, 0.25) is 0 Å². The van der Waals surface area contributed by atoms with Gasteiger partial charge in [0, 0.05) is 18.2 Å². The number of hydrogen-bond donors (Lipinski definition) is 2. The van der Waals surface area contributed by atoms with Gasteiger partial charge in [-0.2, -0.15) is 4.31 Å². The Morgan fingerprint density at radius 3 is 2.57 bits per heavy atom. The number of nitrogens with two attached hydrogens (primary N) is 1. The number of hydrazine groups is 1. The first-order valence-electron chi connectivity index (χ1n) is 6.48. The molecule has 0 aromatic heterocycles. The Bertz CT molecular complexity index is 672. The third-order valence-electron chi connectivity index (χ3n) is 3.72. The van der Waals surface area contributed by atoms with E-state index in [0.29, 0.717) is 12.2 Å². The van der Waals surface area contributed by atoms with Crippen molar-refractivity contribution >= 4 is 21.4 Å². The van der Waals surface area contributed by atoms with Crippen LogP contribution in [0.5, 0.6) is 0 Å². The zero-order valence-corrected chi connectivity index (χ0v) is 12.7. The summed E-state index contributed by atoms with van der Waals surface area (Å²) in [6.07, 6.45) is 1.45. The van der Waals surface area contributed by atoms with E-state index in [2.05, 4.69) is 5.43 Å². The number of benzene rings is 1. The molecule has 3 N–H and O–H groups in total. The minimum Gasteiger partial charge on any atom is -0.324 e. The van der Waals surface area contributed by atoms with Gasteiger partial charge < -0.3 is 5.43 Å². The summed E-state index contributed by atoms with van der Waals surface area (Å²) in [5, 5.41) is 11.1. The highest BCUT2D eigenvalue weighted by Gasteiger charge is 2.43. The number of nitro groups is 1. The van der Waals surface area contributed by atoms with Crippen LogP contribution in [-0.2, 0) is 10.0 Å². The van der Waals surface area contributed by atoms with Gasteiger partial charge in [0.15, 0.2) is 4.90 Å². The Hall–Kier alpha value is -1.71. The van der Waals surface area contributed by atoms with Gasteiger partial charge in [-0.25, -0.2) is 8.42 Å². The average Bonchev–Trinajstić information content (AvgIpc) is 2.78. The van der Waals surface area contributed by atoms with E-state index in [1.807, 2.05) is 13.8 Å². The topological polar surface area (TPSA) is 119 Å². The zero-order chi connectivity index (χ0) is 15.8. The molecule has 21 heavy (non-hydrogen) atoms. The number of sulfonamides is 1. The molecule has 1 heterocycles. The molecule has 0 saturated carbocycles. The lowest BCUT2D eigenvalue weighted by molar-refractivity contribution is -0.387. The van der Waals surface area contributed by atoms with Crippen molar-refractivity contribution in [3.8, 4) is 0 Å². The van der Waals surface area contributed by atoms with Gasteiger partial charge in [0.2, 0.25) is 10.0 Å². The molecule has 1 aromatic rings. The van der Waals surface area contributed by atoms with E-state index in [1.54, 1.807) is 0 Å². The lowest BCUT2D eigenvalue weighted by Crippen LogP contribution is -2.42. The van der Waals surface area contributed by atoms with E-state index in [-0.39, 0.29) is 4.90 Å². The lowest BCUT2D eigenvalue weighted by atomic mass is 10.0. The Morgan fingerprint density at radius 2 is 2.10 bits per heavy atom. The van der Waals surface area contributed by atoms with Crippen molar-refractivity contribution in [3.05, 3.63) is 28.3 Å². The number of hydrogen-bond acceptors (Lipinski definition) is 6. The Kier molecular flexibility index (Phi) is 3.91. The second-order valence-corrected chi connectivity index (χ2v) is 7.41. The SMILES string of the molecule is CC1(C)CCCN1S(=O)(=O)c1cc(NN)ccc1[N+](=O)[O-]. The third-order valence-corrected chi connectivity index (χ3v) is 5.86. The van der Waals surface area contributed by atoms with Gasteiger partial charge in [0.25, 0.3) is 5.69 Å². The van der Waals surface area contributed by atoms with Crippen molar-refractivity contribution in [3.63, 3.8) is 0 Å². The van der Waals surface area contributed by atoms with Crippen LogP contribution in [0, 0.1) is 10.1 Å². The molecule has 1 aliphatic rings. The summed E-state index contributed by atoms with van der Waals surface area (Å²) >= 11 is 0. The second kappa shape index (κ2) is 5.24. The highest BCUT2D eigenvalue weighted by Crippen LogP contribution is 2.37. The number of anilines is 1. The quantitative estimate of drug-likeness (QED) is 0.493. The van der Waals surface area contributed by atoms with Gasteiger partial charge in [0.05, 0.1) is 10.6 Å². The number of nitrogens with zero attached hydrogens (tertiary/aromatic N) is 2. The van der Waals surface area contributed by atoms with Gasteiger partial charge >= 0.3 is 0 Å². The van der Waals surface area contributed by atoms with E-state index in [0.717, 1.165) is 18.9 Å². The molecule has 0 bridgehead atoms. The fraction of sp³-hybridized carbons (Fsp3) is 0.500. The molecule has 0 radical (unpaired) electrons. The van der Waals surface area contributed by atoms with Crippen LogP contribution in [0.3, 0.4) is 0 Å². The van der Waals surface area contributed by atoms with Crippen molar-refractivity contribution in [1.29, 1.82) is 0 Å². The van der Waals surface area contributed by atoms with Crippen LogP contribution in [0.1, 0.15) is 26.7 Å². The Balaban J connectivity index is 2.61. The molecule has 1 saturated heterocycles. The Labute approximate surface area is 123 Å². The Morgan fingerprint density at radius 1 is 1.43 bits per heavy atom.